The lowest BCUT2D eigenvalue weighted by atomic mass is 9.80. The molecule has 260 valence electrons. The number of allylic oxidation sites excluding steroid dienone is 2. The molecule has 0 radical (unpaired) electrons. The summed E-state index contributed by atoms with van der Waals surface area (Å²) in [6, 6.07) is 20.0. The Kier molecular flexibility index (Phi) is 11.8. The summed E-state index contributed by atoms with van der Waals surface area (Å²) in [6.07, 6.45) is 7.69. The van der Waals surface area contributed by atoms with Gasteiger partial charge in [-0.3, -0.25) is 19.2 Å². The minimum absolute atomic E-state index is 0.0394. The Morgan fingerprint density at radius 1 is 0.918 bits per heavy atom. The van der Waals surface area contributed by atoms with Crippen molar-refractivity contribution in [3.63, 3.8) is 0 Å². The second-order valence-corrected chi connectivity index (χ2v) is 15.1. The summed E-state index contributed by atoms with van der Waals surface area (Å²) in [6.45, 7) is 0.271. The summed E-state index contributed by atoms with van der Waals surface area (Å²) in [5.41, 5.74) is 6.74. The maximum Gasteiger partial charge on any atom is 0.408 e. The Balaban J connectivity index is 1.49. The number of primary amides is 1. The molecule has 4 amide bonds. The van der Waals surface area contributed by atoms with Crippen LogP contribution in [0.4, 0.5) is 0 Å². The highest BCUT2D eigenvalue weighted by Gasteiger charge is 2.42. The highest BCUT2D eigenvalue weighted by Crippen LogP contribution is 2.48. The first-order chi connectivity index (χ1) is 23.4. The molecule has 0 bridgehead atoms. The fraction of sp³-hybridized carbons (Fsp3) is 0.405. The third kappa shape index (κ3) is 9.95. The standard InChI is InChI=1S/C37H45N4O7P/c38-33(42)22-32-35(44)39-23-26(20-30-12-7-10-28-9-2-3-13-31(28)30)8-6-11-29(27-16-14-25(15-17-27)24-49(46,47)48)21-34(43)41-37(36(45)40-32)18-4-1-5-19-37/h2-3,6-7,9-17,26,29,32,46-48H,1,4-5,8,18-24H2,(H4-,38,39,40,41,42,43,44,45)/p+1/b11-6+/t26-,29-,32-/m0/s1. The zero-order chi connectivity index (χ0) is 35.0. The van der Waals surface area contributed by atoms with E-state index in [9.17, 15) is 33.9 Å². The van der Waals surface area contributed by atoms with E-state index in [1.54, 1.807) is 24.3 Å². The number of carbonyl (C=O) groups excluding carboxylic acids is 4. The van der Waals surface area contributed by atoms with Gasteiger partial charge in [-0.2, -0.15) is 14.7 Å². The van der Waals surface area contributed by atoms with E-state index in [2.05, 4.69) is 40.2 Å². The maximum absolute atomic E-state index is 13.9. The van der Waals surface area contributed by atoms with E-state index in [0.717, 1.165) is 28.3 Å². The van der Waals surface area contributed by atoms with Gasteiger partial charge in [0.15, 0.2) is 6.16 Å². The molecule has 8 N–H and O–H groups in total. The van der Waals surface area contributed by atoms with Crippen LogP contribution in [0.2, 0.25) is 0 Å². The van der Waals surface area contributed by atoms with Gasteiger partial charge in [-0.1, -0.05) is 98.1 Å². The van der Waals surface area contributed by atoms with Crippen molar-refractivity contribution in [3.05, 3.63) is 95.6 Å². The summed E-state index contributed by atoms with van der Waals surface area (Å²) >= 11 is 0. The molecule has 12 heteroatoms. The van der Waals surface area contributed by atoms with E-state index < -0.39 is 37.2 Å². The van der Waals surface area contributed by atoms with Gasteiger partial charge in [0.25, 0.3) is 0 Å². The minimum atomic E-state index is -4.00. The largest absolute Gasteiger partial charge is 0.408 e. The van der Waals surface area contributed by atoms with Crippen LogP contribution >= 0.6 is 7.94 Å². The van der Waals surface area contributed by atoms with Crippen LogP contribution in [0.25, 0.3) is 10.8 Å². The molecule has 1 saturated carbocycles. The summed E-state index contributed by atoms with van der Waals surface area (Å²) in [5, 5.41) is 11.0. The highest BCUT2D eigenvalue weighted by atomic mass is 31.2. The SMILES string of the molecule is NC(=O)C[C@@H]1NC(=O)C2(CCCCC2)NC(=O)C[C@@H](c2ccc(C[P+](O)(O)O)cc2)/C=C/C[C@@H](Cc2cccc3ccccc23)CNC1=O. The van der Waals surface area contributed by atoms with Crippen molar-refractivity contribution in [1.29, 1.82) is 0 Å². The molecule has 0 unspecified atom stereocenters. The van der Waals surface area contributed by atoms with E-state index in [1.165, 1.54) is 0 Å². The summed E-state index contributed by atoms with van der Waals surface area (Å²) in [4.78, 5) is 81.9. The van der Waals surface area contributed by atoms with Crippen molar-refractivity contribution in [3.8, 4) is 0 Å². The Morgan fingerprint density at radius 2 is 1.63 bits per heavy atom. The van der Waals surface area contributed by atoms with E-state index >= 15 is 0 Å². The van der Waals surface area contributed by atoms with Gasteiger partial charge in [0.05, 0.1) is 6.42 Å². The molecule has 1 aliphatic heterocycles. The molecule has 2 aliphatic rings. The third-order valence-electron chi connectivity index (χ3n) is 9.55. The molecular formula is C37H46N4O7P+. The van der Waals surface area contributed by atoms with Crippen molar-refractivity contribution >= 4 is 42.3 Å². The monoisotopic (exact) mass is 689 g/mol. The first-order valence-electron chi connectivity index (χ1n) is 16.9. The lowest BCUT2D eigenvalue weighted by Crippen LogP contribution is -2.63. The molecule has 1 spiro atoms. The second-order valence-electron chi connectivity index (χ2n) is 13.4. The molecule has 0 saturated heterocycles. The van der Waals surface area contributed by atoms with Crippen LogP contribution in [0.3, 0.4) is 0 Å². The number of fused-ring (bicyclic) bond motifs is 1. The van der Waals surface area contributed by atoms with Crippen LogP contribution in [0.15, 0.2) is 78.9 Å². The van der Waals surface area contributed by atoms with Gasteiger partial charge in [0.1, 0.15) is 11.6 Å². The minimum Gasteiger partial charge on any atom is -0.370 e. The number of rotatable bonds is 7. The predicted molar refractivity (Wildman–Crippen MR) is 189 cm³/mol. The molecule has 49 heavy (non-hydrogen) atoms. The molecule has 3 aromatic carbocycles. The first-order valence-corrected chi connectivity index (χ1v) is 18.7. The topological polar surface area (TPSA) is 191 Å². The Hall–Kier alpha value is -4.15. The van der Waals surface area contributed by atoms with E-state index in [1.807, 2.05) is 30.4 Å². The zero-order valence-corrected chi connectivity index (χ0v) is 28.4. The fourth-order valence-corrected chi connectivity index (χ4v) is 7.73. The van der Waals surface area contributed by atoms with Crippen LogP contribution in [0.5, 0.6) is 0 Å². The second kappa shape index (κ2) is 16.0. The molecule has 1 aliphatic carbocycles. The van der Waals surface area contributed by atoms with Crippen molar-refractivity contribution in [2.24, 2.45) is 11.7 Å². The van der Waals surface area contributed by atoms with Crippen molar-refractivity contribution in [2.75, 3.05) is 6.54 Å². The average Bonchev–Trinajstić information content (AvgIpc) is 3.06. The molecule has 5 rings (SSSR count). The number of nitrogens with one attached hydrogen (secondary N) is 3. The van der Waals surface area contributed by atoms with Gasteiger partial charge < -0.3 is 21.7 Å². The molecule has 1 heterocycles. The van der Waals surface area contributed by atoms with Crippen LogP contribution in [-0.4, -0.2) is 56.4 Å². The van der Waals surface area contributed by atoms with Gasteiger partial charge in [-0.15, -0.1) is 0 Å². The Labute approximate surface area is 286 Å². The van der Waals surface area contributed by atoms with Gasteiger partial charge in [-0.25, -0.2) is 0 Å². The fourth-order valence-electron chi connectivity index (χ4n) is 7.02. The molecule has 1 fully saturated rings. The Morgan fingerprint density at radius 3 is 2.35 bits per heavy atom. The lowest BCUT2D eigenvalue weighted by molar-refractivity contribution is -0.138. The zero-order valence-electron chi connectivity index (χ0n) is 27.5. The number of benzene rings is 3. The van der Waals surface area contributed by atoms with Crippen molar-refractivity contribution < 1.29 is 33.9 Å². The quantitative estimate of drug-likeness (QED) is 0.145. The summed E-state index contributed by atoms with van der Waals surface area (Å²) < 4.78 is 0. The highest BCUT2D eigenvalue weighted by molar-refractivity contribution is 7.57. The van der Waals surface area contributed by atoms with Crippen LogP contribution in [0, 0.1) is 5.92 Å². The third-order valence-corrected chi connectivity index (χ3v) is 10.3. The van der Waals surface area contributed by atoms with Gasteiger partial charge in [0.2, 0.25) is 23.6 Å². The Bertz CT molecular complexity index is 1680. The van der Waals surface area contributed by atoms with Crippen LogP contribution in [-0.2, 0) is 31.8 Å². The molecule has 0 aromatic heterocycles. The molecule has 11 nitrogen and oxygen atoms in total. The average molecular weight is 690 g/mol. The lowest BCUT2D eigenvalue weighted by Gasteiger charge is -2.38. The van der Waals surface area contributed by atoms with Crippen LogP contribution in [0.1, 0.15) is 74.0 Å². The summed E-state index contributed by atoms with van der Waals surface area (Å²) in [7, 11) is -4.00. The normalized spacial score (nSPS) is 23.1. The number of hydrogen-bond donors (Lipinski definition) is 7. The number of hydrogen-bond acceptors (Lipinski definition) is 7. The predicted octanol–water partition coefficient (Wildman–Crippen LogP) is 3.67. The number of carbonyl (C=O) groups is 4. The van der Waals surface area contributed by atoms with Crippen LogP contribution < -0.4 is 21.7 Å². The van der Waals surface area contributed by atoms with Gasteiger partial charge >= 0.3 is 7.94 Å². The maximum atomic E-state index is 13.9. The number of nitrogens with two attached hydrogens (primary N) is 1. The van der Waals surface area contributed by atoms with E-state index in [0.29, 0.717) is 44.1 Å². The molecule has 3 aromatic rings. The molecular weight excluding hydrogens is 643 g/mol. The summed E-state index contributed by atoms with van der Waals surface area (Å²) in [5.74, 6) is -2.53. The smallest absolute Gasteiger partial charge is 0.370 e. The van der Waals surface area contributed by atoms with E-state index in [-0.39, 0.29) is 43.3 Å². The number of amides is 4. The van der Waals surface area contributed by atoms with Gasteiger partial charge in [-0.05, 0) is 59.1 Å². The first kappa shape index (κ1) is 36.1. The van der Waals surface area contributed by atoms with Gasteiger partial charge in [0, 0.05) is 18.9 Å². The molecule has 3 atom stereocenters. The van der Waals surface area contributed by atoms with E-state index in [4.69, 9.17) is 5.73 Å². The van der Waals surface area contributed by atoms with Crippen molar-refractivity contribution in [1.82, 2.24) is 16.0 Å². The van der Waals surface area contributed by atoms with Crippen molar-refractivity contribution in [2.45, 2.75) is 81.4 Å².